The second kappa shape index (κ2) is 7.76. The lowest BCUT2D eigenvalue weighted by Crippen LogP contribution is -2.36. The summed E-state index contributed by atoms with van der Waals surface area (Å²) in [5.41, 5.74) is 4.36. The molecule has 0 fully saturated rings. The van der Waals surface area contributed by atoms with Gasteiger partial charge in [-0.1, -0.05) is 35.9 Å². The van der Waals surface area contributed by atoms with Crippen molar-refractivity contribution in [2.45, 2.75) is 45.5 Å². The van der Waals surface area contributed by atoms with Gasteiger partial charge in [-0.3, -0.25) is 4.79 Å². The van der Waals surface area contributed by atoms with Crippen LogP contribution in [-0.2, 0) is 0 Å². The molecule has 3 aromatic rings. The number of amides is 1. The molecule has 0 bridgehead atoms. The van der Waals surface area contributed by atoms with Crippen LogP contribution < -0.4 is 10.6 Å². The number of alkyl halides is 3. The lowest BCUT2D eigenvalue weighted by Gasteiger charge is -2.34. The molecule has 8 heteroatoms. The Morgan fingerprint density at radius 2 is 1.71 bits per heavy atom. The summed E-state index contributed by atoms with van der Waals surface area (Å²) in [5, 5.41) is 9.81. The van der Waals surface area contributed by atoms with Crippen molar-refractivity contribution >= 4 is 17.4 Å². The van der Waals surface area contributed by atoms with Crippen LogP contribution in [-0.4, -0.2) is 21.9 Å². The second-order valence-corrected chi connectivity index (χ2v) is 8.08. The number of carbonyl (C=O) groups excluding carboxylic acids is 1. The molecule has 2 N–H and O–H groups in total. The maximum Gasteiger partial charge on any atom is 0.410 e. The minimum Gasteiger partial charge on any atom is -0.363 e. The number of hydrogen-bond acceptors (Lipinski definition) is 3. The Hall–Kier alpha value is -3.29. The number of hydrogen-bond donors (Lipinski definition) is 2. The fraction of sp³-hybridized carbons (Fsp3) is 0.304. The molecule has 2 atom stereocenters. The molecule has 0 saturated carbocycles. The summed E-state index contributed by atoms with van der Waals surface area (Å²) in [6, 6.07) is 10.5. The van der Waals surface area contributed by atoms with Gasteiger partial charge >= 0.3 is 6.18 Å². The van der Waals surface area contributed by atoms with Crippen LogP contribution in [0.15, 0.2) is 48.7 Å². The van der Waals surface area contributed by atoms with E-state index in [4.69, 9.17) is 0 Å². The first-order valence-corrected chi connectivity index (χ1v) is 9.99. The Morgan fingerprint density at radius 1 is 1.06 bits per heavy atom. The van der Waals surface area contributed by atoms with Gasteiger partial charge in [0.25, 0.3) is 5.91 Å². The number of rotatable bonds is 3. The molecule has 0 spiro atoms. The van der Waals surface area contributed by atoms with E-state index in [0.717, 1.165) is 26.9 Å². The number of aromatic nitrogens is 2. The Balaban J connectivity index is 1.69. The molecule has 0 unspecified atom stereocenters. The summed E-state index contributed by atoms with van der Waals surface area (Å²) >= 11 is 0. The standard InChI is InChI=1S/C23H23F3N4O/c1-13-4-6-16(7-5-13)19-11-20(23(24,25)26)30-21(29-19)18(12-27-30)22(31)28-17-9-14(2)8-15(3)10-17/h4-10,12,19-20,29H,11H2,1-3H3,(H,28,31)/t19-,20+/m1/s1. The number of anilines is 2. The Labute approximate surface area is 178 Å². The fourth-order valence-corrected chi connectivity index (χ4v) is 3.99. The highest BCUT2D eigenvalue weighted by Gasteiger charge is 2.47. The van der Waals surface area contributed by atoms with Crippen LogP contribution in [0.1, 0.15) is 51.1 Å². The first kappa shape index (κ1) is 21.0. The van der Waals surface area contributed by atoms with E-state index in [1.807, 2.05) is 63.2 Å². The molecule has 2 heterocycles. The van der Waals surface area contributed by atoms with Crippen LogP contribution in [0.3, 0.4) is 0 Å². The van der Waals surface area contributed by atoms with Crippen molar-refractivity contribution in [3.63, 3.8) is 0 Å². The summed E-state index contributed by atoms with van der Waals surface area (Å²) in [5.74, 6) is -0.440. The van der Waals surface area contributed by atoms with Gasteiger partial charge in [0.2, 0.25) is 0 Å². The van der Waals surface area contributed by atoms with Crippen LogP contribution in [0.4, 0.5) is 24.7 Å². The highest BCUT2D eigenvalue weighted by Crippen LogP contribution is 2.44. The molecule has 31 heavy (non-hydrogen) atoms. The van der Waals surface area contributed by atoms with Crippen LogP contribution >= 0.6 is 0 Å². The third kappa shape index (κ3) is 4.28. The topological polar surface area (TPSA) is 59.0 Å². The van der Waals surface area contributed by atoms with Crippen molar-refractivity contribution in [1.29, 1.82) is 0 Å². The van der Waals surface area contributed by atoms with Gasteiger partial charge in [0.05, 0.1) is 12.2 Å². The van der Waals surface area contributed by atoms with E-state index in [1.165, 1.54) is 6.20 Å². The molecule has 2 aromatic carbocycles. The Bertz CT molecular complexity index is 1100. The van der Waals surface area contributed by atoms with E-state index in [1.54, 1.807) is 0 Å². The summed E-state index contributed by atoms with van der Waals surface area (Å²) in [4.78, 5) is 12.9. The summed E-state index contributed by atoms with van der Waals surface area (Å²) in [7, 11) is 0. The third-order valence-electron chi connectivity index (χ3n) is 5.44. The molecular formula is C23H23F3N4O. The van der Waals surface area contributed by atoms with Crippen molar-refractivity contribution in [1.82, 2.24) is 9.78 Å². The van der Waals surface area contributed by atoms with Crippen LogP contribution in [0.2, 0.25) is 0 Å². The molecule has 0 saturated heterocycles. The zero-order valence-corrected chi connectivity index (χ0v) is 17.4. The van der Waals surface area contributed by atoms with Crippen molar-refractivity contribution in [3.05, 3.63) is 76.5 Å². The Kier molecular flexibility index (Phi) is 5.24. The van der Waals surface area contributed by atoms with Gasteiger partial charge in [-0.2, -0.15) is 18.3 Å². The van der Waals surface area contributed by atoms with Gasteiger partial charge in [0, 0.05) is 12.1 Å². The van der Waals surface area contributed by atoms with Gasteiger partial charge < -0.3 is 10.6 Å². The molecule has 4 rings (SSSR count). The van der Waals surface area contributed by atoms with E-state index in [9.17, 15) is 18.0 Å². The smallest absolute Gasteiger partial charge is 0.363 e. The van der Waals surface area contributed by atoms with Gasteiger partial charge in [-0.05, 0) is 49.6 Å². The fourth-order valence-electron chi connectivity index (χ4n) is 3.99. The maximum absolute atomic E-state index is 13.8. The monoisotopic (exact) mass is 428 g/mol. The predicted octanol–water partition coefficient (Wildman–Crippen LogP) is 5.72. The normalized spacial score (nSPS) is 18.3. The minimum atomic E-state index is -4.49. The zero-order valence-electron chi connectivity index (χ0n) is 17.4. The van der Waals surface area contributed by atoms with Crippen LogP contribution in [0.5, 0.6) is 0 Å². The van der Waals surface area contributed by atoms with Crippen molar-refractivity contribution in [3.8, 4) is 0 Å². The number of halogens is 3. The largest absolute Gasteiger partial charge is 0.410 e. The van der Waals surface area contributed by atoms with Gasteiger partial charge in [0.15, 0.2) is 6.04 Å². The lowest BCUT2D eigenvalue weighted by molar-refractivity contribution is -0.173. The van der Waals surface area contributed by atoms with E-state index in [0.29, 0.717) is 5.69 Å². The van der Waals surface area contributed by atoms with Crippen LogP contribution in [0, 0.1) is 20.8 Å². The predicted molar refractivity (Wildman–Crippen MR) is 113 cm³/mol. The SMILES string of the molecule is Cc1ccc([C@H]2C[C@@H](C(F)(F)F)n3ncc(C(=O)Nc4cc(C)cc(C)c4)c3N2)cc1. The van der Waals surface area contributed by atoms with Crippen molar-refractivity contribution < 1.29 is 18.0 Å². The van der Waals surface area contributed by atoms with Crippen molar-refractivity contribution in [2.75, 3.05) is 10.6 Å². The van der Waals surface area contributed by atoms with Gasteiger partial charge in [0.1, 0.15) is 11.4 Å². The van der Waals surface area contributed by atoms with E-state index in [2.05, 4.69) is 15.7 Å². The molecule has 1 aliphatic heterocycles. The molecule has 1 amide bonds. The zero-order chi connectivity index (χ0) is 22.3. The quantitative estimate of drug-likeness (QED) is 0.561. The average molecular weight is 428 g/mol. The lowest BCUT2D eigenvalue weighted by atomic mass is 9.96. The molecule has 0 aliphatic carbocycles. The van der Waals surface area contributed by atoms with Crippen molar-refractivity contribution in [2.24, 2.45) is 0 Å². The molecule has 1 aliphatic rings. The first-order chi connectivity index (χ1) is 14.6. The molecular weight excluding hydrogens is 405 g/mol. The minimum absolute atomic E-state index is 0.0704. The number of aryl methyl sites for hydroxylation is 3. The number of benzene rings is 2. The molecule has 162 valence electrons. The highest BCUT2D eigenvalue weighted by atomic mass is 19.4. The number of carbonyl (C=O) groups is 1. The highest BCUT2D eigenvalue weighted by molar-refractivity contribution is 6.07. The summed E-state index contributed by atoms with van der Waals surface area (Å²) in [6.07, 6.45) is -3.51. The number of fused-ring (bicyclic) bond motifs is 1. The summed E-state index contributed by atoms with van der Waals surface area (Å²) in [6.45, 7) is 5.74. The average Bonchev–Trinajstić information content (AvgIpc) is 3.10. The molecule has 0 radical (unpaired) electrons. The van der Waals surface area contributed by atoms with Gasteiger partial charge in [-0.15, -0.1) is 0 Å². The Morgan fingerprint density at radius 3 is 2.32 bits per heavy atom. The van der Waals surface area contributed by atoms with E-state index < -0.39 is 24.2 Å². The van der Waals surface area contributed by atoms with E-state index >= 15 is 0 Å². The number of nitrogens with zero attached hydrogens (tertiary/aromatic N) is 2. The van der Waals surface area contributed by atoms with Gasteiger partial charge in [-0.25, -0.2) is 4.68 Å². The molecule has 1 aromatic heterocycles. The van der Waals surface area contributed by atoms with Crippen LogP contribution in [0.25, 0.3) is 0 Å². The maximum atomic E-state index is 13.8. The number of nitrogens with one attached hydrogen (secondary N) is 2. The second-order valence-electron chi connectivity index (χ2n) is 8.08. The molecule has 5 nitrogen and oxygen atoms in total. The first-order valence-electron chi connectivity index (χ1n) is 9.99. The summed E-state index contributed by atoms with van der Waals surface area (Å²) < 4.78 is 42.4. The van der Waals surface area contributed by atoms with E-state index in [-0.39, 0.29) is 17.8 Å². The third-order valence-corrected chi connectivity index (χ3v) is 5.44.